The second-order valence-electron chi connectivity index (χ2n) is 6.14. The molecule has 0 spiro atoms. The summed E-state index contributed by atoms with van der Waals surface area (Å²) in [4.78, 5) is 14.9. The van der Waals surface area contributed by atoms with Gasteiger partial charge >= 0.3 is 0 Å². The highest BCUT2D eigenvalue weighted by molar-refractivity contribution is 7.07. The summed E-state index contributed by atoms with van der Waals surface area (Å²) in [5, 5.41) is 8.50. The van der Waals surface area contributed by atoms with Crippen LogP contribution in [0.5, 0.6) is 0 Å². The molecule has 1 saturated heterocycles. The number of carbonyl (C=O) groups is 1. The third-order valence-corrected chi connectivity index (χ3v) is 5.43. The lowest BCUT2D eigenvalue weighted by atomic mass is 10.1. The maximum Gasteiger partial charge on any atom is 0.226 e. The van der Waals surface area contributed by atoms with Crippen LogP contribution in [0, 0.1) is 5.92 Å². The summed E-state index contributed by atoms with van der Waals surface area (Å²) in [6.45, 7) is 0.912. The van der Waals surface area contributed by atoms with Gasteiger partial charge in [0, 0.05) is 25.7 Å². The number of nitrogens with zero attached hydrogens (tertiary/aromatic N) is 3. The van der Waals surface area contributed by atoms with Gasteiger partial charge in [-0.25, -0.2) is 0 Å². The van der Waals surface area contributed by atoms with Gasteiger partial charge < -0.3 is 4.90 Å². The summed E-state index contributed by atoms with van der Waals surface area (Å²) >= 11 is 1.72. The van der Waals surface area contributed by atoms with E-state index in [4.69, 9.17) is 0 Å². The van der Waals surface area contributed by atoms with Crippen LogP contribution in [0.25, 0.3) is 0 Å². The van der Waals surface area contributed by atoms with Gasteiger partial charge in [-0.15, -0.1) is 0 Å². The molecule has 0 radical (unpaired) electrons. The standard InChI is InChI=1S/C16H19N3OS/c1-18-9-12(8-17-18)13-7-14(13)16(20)19-5-2-3-15(19)11-4-6-21-10-11/h4,6,8-10,13-15H,2-3,5,7H2,1H3. The van der Waals surface area contributed by atoms with Crippen LogP contribution in [-0.4, -0.2) is 27.1 Å². The maximum absolute atomic E-state index is 12.8. The molecule has 1 aliphatic carbocycles. The van der Waals surface area contributed by atoms with Crippen molar-refractivity contribution in [2.75, 3.05) is 6.54 Å². The third-order valence-electron chi connectivity index (χ3n) is 4.72. The Labute approximate surface area is 128 Å². The topological polar surface area (TPSA) is 38.1 Å². The first-order valence-electron chi connectivity index (χ1n) is 7.55. The number of carbonyl (C=O) groups excluding carboxylic acids is 1. The third kappa shape index (κ3) is 2.29. The van der Waals surface area contributed by atoms with E-state index in [9.17, 15) is 4.79 Å². The minimum atomic E-state index is 0.174. The van der Waals surface area contributed by atoms with Gasteiger partial charge in [-0.3, -0.25) is 9.48 Å². The van der Waals surface area contributed by atoms with Crippen LogP contribution in [0.2, 0.25) is 0 Å². The van der Waals surface area contributed by atoms with Crippen LogP contribution in [0.4, 0.5) is 0 Å². The van der Waals surface area contributed by atoms with Crippen molar-refractivity contribution in [3.05, 3.63) is 40.3 Å². The van der Waals surface area contributed by atoms with Gasteiger partial charge in [0.15, 0.2) is 0 Å². The fourth-order valence-corrected chi connectivity index (χ4v) is 4.23. The molecule has 3 atom stereocenters. The lowest BCUT2D eigenvalue weighted by Gasteiger charge is -2.24. The molecule has 2 aromatic rings. The molecule has 3 heterocycles. The first-order chi connectivity index (χ1) is 10.2. The van der Waals surface area contributed by atoms with E-state index in [1.807, 2.05) is 24.1 Å². The summed E-state index contributed by atoms with van der Waals surface area (Å²) in [7, 11) is 1.93. The normalized spacial score (nSPS) is 28.0. The summed E-state index contributed by atoms with van der Waals surface area (Å²) in [6, 6.07) is 2.46. The summed E-state index contributed by atoms with van der Waals surface area (Å²) in [5.41, 5.74) is 2.52. The highest BCUT2D eigenvalue weighted by Gasteiger charge is 2.48. The maximum atomic E-state index is 12.8. The number of hydrogen-bond acceptors (Lipinski definition) is 3. The second kappa shape index (κ2) is 4.98. The van der Waals surface area contributed by atoms with Crippen molar-refractivity contribution in [2.45, 2.75) is 31.2 Å². The molecule has 4 nitrogen and oxygen atoms in total. The lowest BCUT2D eigenvalue weighted by molar-refractivity contribution is -0.133. The zero-order chi connectivity index (χ0) is 14.4. The monoisotopic (exact) mass is 301 g/mol. The minimum Gasteiger partial charge on any atom is -0.335 e. The number of rotatable bonds is 3. The van der Waals surface area contributed by atoms with Gasteiger partial charge in [-0.05, 0) is 53.1 Å². The van der Waals surface area contributed by atoms with Crippen molar-refractivity contribution < 1.29 is 4.79 Å². The highest BCUT2D eigenvalue weighted by Crippen LogP contribution is 2.50. The molecule has 4 rings (SSSR count). The predicted molar refractivity (Wildman–Crippen MR) is 82.1 cm³/mol. The fourth-order valence-electron chi connectivity index (χ4n) is 3.52. The number of aromatic nitrogens is 2. The summed E-state index contributed by atoms with van der Waals surface area (Å²) in [6.07, 6.45) is 7.15. The van der Waals surface area contributed by atoms with Gasteiger partial charge in [0.25, 0.3) is 0 Å². The van der Waals surface area contributed by atoms with Crippen LogP contribution in [0.15, 0.2) is 29.2 Å². The minimum absolute atomic E-state index is 0.174. The van der Waals surface area contributed by atoms with Crippen molar-refractivity contribution in [1.29, 1.82) is 0 Å². The Bertz CT molecular complexity index is 648. The Morgan fingerprint density at radius 1 is 1.43 bits per heavy atom. The molecule has 1 aliphatic heterocycles. The molecule has 2 aliphatic rings. The average Bonchev–Trinajstić information content (AvgIpc) is 2.94. The second-order valence-corrected chi connectivity index (χ2v) is 6.92. The quantitative estimate of drug-likeness (QED) is 0.874. The van der Waals surface area contributed by atoms with E-state index in [2.05, 4.69) is 26.8 Å². The van der Waals surface area contributed by atoms with Gasteiger partial charge in [-0.1, -0.05) is 0 Å². The molecule has 110 valence electrons. The highest BCUT2D eigenvalue weighted by atomic mass is 32.1. The van der Waals surface area contributed by atoms with Crippen LogP contribution < -0.4 is 0 Å². The van der Waals surface area contributed by atoms with Gasteiger partial charge in [0.2, 0.25) is 5.91 Å². The number of likely N-dealkylation sites (tertiary alicyclic amines) is 1. The molecule has 5 heteroatoms. The number of aryl methyl sites for hydroxylation is 1. The molecule has 0 bridgehead atoms. The fraction of sp³-hybridized carbons (Fsp3) is 0.500. The smallest absolute Gasteiger partial charge is 0.226 e. The number of thiophene rings is 1. The average molecular weight is 301 g/mol. The van der Waals surface area contributed by atoms with Gasteiger partial charge in [0.1, 0.15) is 0 Å². The summed E-state index contributed by atoms with van der Waals surface area (Å²) in [5.74, 6) is 0.904. The molecule has 21 heavy (non-hydrogen) atoms. The first-order valence-corrected chi connectivity index (χ1v) is 8.49. The van der Waals surface area contributed by atoms with Crippen molar-refractivity contribution in [3.8, 4) is 0 Å². The summed E-state index contributed by atoms with van der Waals surface area (Å²) < 4.78 is 1.82. The van der Waals surface area contributed by atoms with Crippen LogP contribution in [-0.2, 0) is 11.8 Å². The van der Waals surface area contributed by atoms with Crippen molar-refractivity contribution in [2.24, 2.45) is 13.0 Å². The number of hydrogen-bond donors (Lipinski definition) is 0. The Morgan fingerprint density at radius 3 is 3.05 bits per heavy atom. The molecule has 0 N–H and O–H groups in total. The van der Waals surface area contributed by atoms with E-state index in [1.54, 1.807) is 11.3 Å². The largest absolute Gasteiger partial charge is 0.335 e. The molecular formula is C16H19N3OS. The van der Waals surface area contributed by atoms with E-state index in [0.29, 0.717) is 17.9 Å². The molecule has 2 fully saturated rings. The SMILES string of the molecule is Cn1cc(C2CC2C(=O)N2CCCC2c2ccsc2)cn1. The van der Waals surface area contributed by atoms with E-state index >= 15 is 0 Å². The van der Waals surface area contributed by atoms with Gasteiger partial charge in [-0.2, -0.15) is 16.4 Å². The molecule has 3 unspecified atom stereocenters. The predicted octanol–water partition coefficient (Wildman–Crippen LogP) is 2.95. The van der Waals surface area contributed by atoms with Gasteiger partial charge in [0.05, 0.1) is 12.2 Å². The zero-order valence-electron chi connectivity index (χ0n) is 12.1. The molecular weight excluding hydrogens is 282 g/mol. The zero-order valence-corrected chi connectivity index (χ0v) is 12.9. The van der Waals surface area contributed by atoms with E-state index < -0.39 is 0 Å². The first kappa shape index (κ1) is 13.1. The number of amides is 1. The van der Waals surface area contributed by atoms with Crippen LogP contribution in [0.3, 0.4) is 0 Å². The Kier molecular flexibility index (Phi) is 3.10. The van der Waals surface area contributed by atoms with E-state index in [1.165, 1.54) is 11.1 Å². The Morgan fingerprint density at radius 2 is 2.33 bits per heavy atom. The van der Waals surface area contributed by atoms with Crippen LogP contribution in [0.1, 0.15) is 42.3 Å². The molecule has 1 saturated carbocycles. The van der Waals surface area contributed by atoms with Crippen molar-refractivity contribution >= 4 is 17.2 Å². The molecule has 0 aromatic carbocycles. The van der Waals surface area contributed by atoms with E-state index in [-0.39, 0.29) is 5.92 Å². The Hall–Kier alpha value is -1.62. The lowest BCUT2D eigenvalue weighted by Crippen LogP contribution is -2.31. The molecule has 1 amide bonds. The Balaban J connectivity index is 1.48. The van der Waals surface area contributed by atoms with Crippen LogP contribution >= 0.6 is 11.3 Å². The molecule has 2 aromatic heterocycles. The van der Waals surface area contributed by atoms with E-state index in [0.717, 1.165) is 25.8 Å². The van der Waals surface area contributed by atoms with Crippen molar-refractivity contribution in [1.82, 2.24) is 14.7 Å². The van der Waals surface area contributed by atoms with Crippen molar-refractivity contribution in [3.63, 3.8) is 0 Å².